The minimum Gasteiger partial charge on any atom is -0.364 e. The van der Waals surface area contributed by atoms with Gasteiger partial charge in [-0.3, -0.25) is 4.98 Å². The molecule has 2 heterocycles. The average Bonchev–Trinajstić information content (AvgIpc) is 2.80. The molecule has 0 bridgehead atoms. The van der Waals surface area contributed by atoms with Crippen LogP contribution in [0.2, 0.25) is 0 Å². The Kier molecular flexibility index (Phi) is 3.15. The van der Waals surface area contributed by atoms with E-state index in [1.807, 2.05) is 36.8 Å². The van der Waals surface area contributed by atoms with Gasteiger partial charge < -0.3 is 10.3 Å². The zero-order valence-electron chi connectivity index (χ0n) is 8.77. The zero-order chi connectivity index (χ0) is 10.5. The van der Waals surface area contributed by atoms with Gasteiger partial charge in [0, 0.05) is 36.9 Å². The van der Waals surface area contributed by atoms with E-state index in [0.29, 0.717) is 6.04 Å². The van der Waals surface area contributed by atoms with Crippen molar-refractivity contribution in [1.82, 2.24) is 15.3 Å². The first-order chi connectivity index (χ1) is 7.36. The Morgan fingerprint density at radius 1 is 1.33 bits per heavy atom. The summed E-state index contributed by atoms with van der Waals surface area (Å²) in [5, 5.41) is 3.44. The molecular weight excluding hydrogens is 186 g/mol. The Labute approximate surface area is 89.6 Å². The lowest BCUT2D eigenvalue weighted by molar-refractivity contribution is 0.568. The molecule has 0 fully saturated rings. The molecule has 0 aromatic carbocycles. The minimum absolute atomic E-state index is 0.344. The van der Waals surface area contributed by atoms with Crippen LogP contribution in [-0.2, 0) is 6.54 Å². The van der Waals surface area contributed by atoms with Crippen LogP contribution in [0.3, 0.4) is 0 Å². The molecule has 1 atom stereocenters. The molecular formula is C12H15N3. The highest BCUT2D eigenvalue weighted by atomic mass is 14.9. The van der Waals surface area contributed by atoms with E-state index in [-0.39, 0.29) is 0 Å². The second-order valence-corrected chi connectivity index (χ2v) is 3.58. The van der Waals surface area contributed by atoms with Crippen LogP contribution in [-0.4, -0.2) is 9.97 Å². The summed E-state index contributed by atoms with van der Waals surface area (Å²) in [7, 11) is 0. The Balaban J connectivity index is 1.90. The maximum Gasteiger partial charge on any atom is 0.0362 e. The summed E-state index contributed by atoms with van der Waals surface area (Å²) in [5.74, 6) is 0. The van der Waals surface area contributed by atoms with Gasteiger partial charge in [0.2, 0.25) is 0 Å². The van der Waals surface area contributed by atoms with Crippen molar-refractivity contribution >= 4 is 0 Å². The number of aromatic nitrogens is 2. The molecule has 2 rings (SSSR count). The van der Waals surface area contributed by atoms with E-state index < -0.39 is 0 Å². The summed E-state index contributed by atoms with van der Waals surface area (Å²) in [4.78, 5) is 7.17. The maximum atomic E-state index is 4.00. The monoisotopic (exact) mass is 201 g/mol. The summed E-state index contributed by atoms with van der Waals surface area (Å²) >= 11 is 0. The van der Waals surface area contributed by atoms with Crippen molar-refractivity contribution in [3.63, 3.8) is 0 Å². The van der Waals surface area contributed by atoms with Gasteiger partial charge in [-0.25, -0.2) is 0 Å². The van der Waals surface area contributed by atoms with Gasteiger partial charge in [0.05, 0.1) is 0 Å². The number of aromatic amines is 1. The normalized spacial score (nSPS) is 12.6. The van der Waals surface area contributed by atoms with E-state index in [2.05, 4.69) is 28.3 Å². The smallest absolute Gasteiger partial charge is 0.0362 e. The summed E-state index contributed by atoms with van der Waals surface area (Å²) in [5.41, 5.74) is 2.47. The van der Waals surface area contributed by atoms with Gasteiger partial charge in [0.1, 0.15) is 0 Å². The fourth-order valence-electron chi connectivity index (χ4n) is 1.51. The lowest BCUT2D eigenvalue weighted by atomic mass is 10.1. The van der Waals surface area contributed by atoms with E-state index in [1.165, 1.54) is 11.3 Å². The van der Waals surface area contributed by atoms with E-state index >= 15 is 0 Å². The number of rotatable bonds is 4. The largest absolute Gasteiger partial charge is 0.364 e. The second-order valence-electron chi connectivity index (χ2n) is 3.58. The number of nitrogens with zero attached hydrogens (tertiary/aromatic N) is 1. The number of hydrogen-bond donors (Lipinski definition) is 2. The first-order valence-corrected chi connectivity index (χ1v) is 5.12. The van der Waals surface area contributed by atoms with Crippen molar-refractivity contribution < 1.29 is 0 Å². The fourth-order valence-corrected chi connectivity index (χ4v) is 1.51. The van der Waals surface area contributed by atoms with Crippen molar-refractivity contribution in [3.05, 3.63) is 54.1 Å². The van der Waals surface area contributed by atoms with Crippen LogP contribution in [0.4, 0.5) is 0 Å². The third-order valence-corrected chi connectivity index (χ3v) is 2.47. The summed E-state index contributed by atoms with van der Waals surface area (Å²) in [6, 6.07) is 8.50. The summed E-state index contributed by atoms with van der Waals surface area (Å²) < 4.78 is 0. The molecule has 0 aliphatic carbocycles. The molecule has 15 heavy (non-hydrogen) atoms. The number of pyridine rings is 1. The van der Waals surface area contributed by atoms with Crippen LogP contribution in [0.25, 0.3) is 0 Å². The number of H-pyrrole nitrogens is 1. The topological polar surface area (TPSA) is 40.7 Å². The molecule has 0 aliphatic rings. The maximum absolute atomic E-state index is 4.00. The van der Waals surface area contributed by atoms with Gasteiger partial charge in [-0.2, -0.15) is 0 Å². The summed E-state index contributed by atoms with van der Waals surface area (Å²) in [6.07, 6.45) is 5.58. The predicted octanol–water partition coefficient (Wildman–Crippen LogP) is 2.26. The molecule has 0 aliphatic heterocycles. The molecule has 3 nitrogen and oxygen atoms in total. The quantitative estimate of drug-likeness (QED) is 0.796. The molecule has 0 saturated heterocycles. The number of hydrogen-bond acceptors (Lipinski definition) is 2. The Morgan fingerprint density at radius 2 is 2.13 bits per heavy atom. The van der Waals surface area contributed by atoms with Crippen molar-refractivity contribution in [1.29, 1.82) is 0 Å². The van der Waals surface area contributed by atoms with Gasteiger partial charge in [0.25, 0.3) is 0 Å². The first-order valence-electron chi connectivity index (χ1n) is 5.12. The Bertz CT molecular complexity index is 381. The van der Waals surface area contributed by atoms with E-state index in [9.17, 15) is 0 Å². The van der Waals surface area contributed by atoms with Gasteiger partial charge in [-0.05, 0) is 36.8 Å². The van der Waals surface area contributed by atoms with Gasteiger partial charge >= 0.3 is 0 Å². The van der Waals surface area contributed by atoms with Gasteiger partial charge in [0.15, 0.2) is 0 Å². The SMILES string of the molecule is C[C@@H](NCc1ccc[nH]1)c1ccncc1. The third kappa shape index (κ3) is 2.67. The highest BCUT2D eigenvalue weighted by molar-refractivity contribution is 5.14. The second kappa shape index (κ2) is 4.75. The van der Waals surface area contributed by atoms with Crippen LogP contribution >= 0.6 is 0 Å². The molecule has 2 N–H and O–H groups in total. The number of nitrogens with one attached hydrogen (secondary N) is 2. The fraction of sp³-hybridized carbons (Fsp3) is 0.250. The van der Waals surface area contributed by atoms with Crippen molar-refractivity contribution in [2.75, 3.05) is 0 Å². The van der Waals surface area contributed by atoms with Crippen molar-refractivity contribution in [3.8, 4) is 0 Å². The van der Waals surface area contributed by atoms with Gasteiger partial charge in [-0.15, -0.1) is 0 Å². The molecule has 2 aromatic rings. The lowest BCUT2D eigenvalue weighted by Gasteiger charge is -2.13. The van der Waals surface area contributed by atoms with E-state index in [4.69, 9.17) is 0 Å². The molecule has 0 saturated carbocycles. The third-order valence-electron chi connectivity index (χ3n) is 2.47. The van der Waals surface area contributed by atoms with Crippen LogP contribution in [0.1, 0.15) is 24.2 Å². The first kappa shape index (κ1) is 9.93. The molecule has 0 radical (unpaired) electrons. The summed E-state index contributed by atoms with van der Waals surface area (Å²) in [6.45, 7) is 3.01. The molecule has 78 valence electrons. The molecule has 3 heteroatoms. The highest BCUT2D eigenvalue weighted by Crippen LogP contribution is 2.10. The molecule has 2 aromatic heterocycles. The van der Waals surface area contributed by atoms with Crippen molar-refractivity contribution in [2.45, 2.75) is 19.5 Å². The lowest BCUT2D eigenvalue weighted by Crippen LogP contribution is -2.18. The molecule has 0 spiro atoms. The van der Waals surface area contributed by atoms with Crippen molar-refractivity contribution in [2.24, 2.45) is 0 Å². The molecule has 0 unspecified atom stereocenters. The Hall–Kier alpha value is -1.61. The Morgan fingerprint density at radius 3 is 2.80 bits per heavy atom. The van der Waals surface area contributed by atoms with E-state index in [1.54, 1.807) is 0 Å². The van der Waals surface area contributed by atoms with Gasteiger partial charge in [-0.1, -0.05) is 0 Å². The molecule has 0 amide bonds. The standard InChI is InChI=1S/C12H15N3/c1-10(11-4-7-13-8-5-11)15-9-12-3-2-6-14-12/h2-8,10,14-15H,9H2,1H3/t10-/m1/s1. The van der Waals surface area contributed by atoms with Crippen LogP contribution in [0.5, 0.6) is 0 Å². The highest BCUT2D eigenvalue weighted by Gasteiger charge is 2.03. The predicted molar refractivity (Wildman–Crippen MR) is 60.3 cm³/mol. The van der Waals surface area contributed by atoms with E-state index in [0.717, 1.165) is 6.54 Å². The average molecular weight is 201 g/mol. The van der Waals surface area contributed by atoms with Crippen LogP contribution in [0, 0.1) is 0 Å². The zero-order valence-corrected chi connectivity index (χ0v) is 8.77. The minimum atomic E-state index is 0.344. The van der Waals surface area contributed by atoms with Crippen LogP contribution < -0.4 is 5.32 Å². The van der Waals surface area contributed by atoms with Crippen LogP contribution in [0.15, 0.2) is 42.9 Å².